The van der Waals surface area contributed by atoms with Gasteiger partial charge in [-0.15, -0.1) is 0 Å². The maximum Gasteiger partial charge on any atom is 0.242 e. The first-order chi connectivity index (χ1) is 11.0. The van der Waals surface area contributed by atoms with E-state index in [-0.39, 0.29) is 0 Å². The Hall–Kier alpha value is 0.0800. The largest absolute Gasteiger partial charge is 0.300 e. The van der Waals surface area contributed by atoms with E-state index >= 15 is 0 Å². The summed E-state index contributed by atoms with van der Waals surface area (Å²) >= 11 is 2.33. The number of piperidine rings is 2. The first-order valence-corrected chi connectivity index (χ1v) is 11.4. The average Bonchev–Trinajstić information content (AvgIpc) is 2.56. The fourth-order valence-corrected chi connectivity index (χ4v) is 5.77. The van der Waals surface area contributed by atoms with Crippen LogP contribution in [0.3, 0.4) is 0 Å². The third kappa shape index (κ3) is 4.19. The number of hydrogen-bond acceptors (Lipinski definition) is 3. The Morgan fingerprint density at radius 1 is 1.09 bits per heavy atom. The molecule has 4 nitrogen and oxygen atoms in total. The zero-order valence-electron chi connectivity index (χ0n) is 13.8. The normalized spacial score (nSPS) is 29.7. The highest BCUT2D eigenvalue weighted by Gasteiger charge is 2.33. The topological polar surface area (TPSA) is 40.6 Å². The third-order valence-electron chi connectivity index (χ3n) is 5.41. The lowest BCUT2D eigenvalue weighted by molar-refractivity contribution is 0.101. The maximum atomic E-state index is 12.8. The lowest BCUT2D eigenvalue weighted by Crippen LogP contribution is -2.48. The van der Waals surface area contributed by atoms with Crippen LogP contribution in [-0.4, -0.2) is 53.8 Å². The van der Waals surface area contributed by atoms with E-state index in [1.54, 1.807) is 10.4 Å². The first kappa shape index (κ1) is 17.9. The second-order valence-corrected chi connectivity index (χ2v) is 10.6. The summed E-state index contributed by atoms with van der Waals surface area (Å²) in [6, 6.07) is 0.573. The number of nitrogens with zero attached hydrogens (tertiary/aromatic N) is 2. The summed E-state index contributed by atoms with van der Waals surface area (Å²) < 4.78 is 27.6. The molecule has 0 N–H and O–H groups in total. The molecule has 0 aromatic heterocycles. The van der Waals surface area contributed by atoms with Crippen LogP contribution in [-0.2, 0) is 10.0 Å². The lowest BCUT2D eigenvalue weighted by atomic mass is 9.95. The van der Waals surface area contributed by atoms with E-state index in [0.717, 1.165) is 25.2 Å². The fourth-order valence-electron chi connectivity index (χ4n) is 3.76. The van der Waals surface area contributed by atoms with E-state index in [2.05, 4.69) is 34.4 Å². The Morgan fingerprint density at radius 2 is 1.74 bits per heavy atom. The minimum atomic E-state index is -3.29. The Kier molecular flexibility index (Phi) is 5.86. The summed E-state index contributed by atoms with van der Waals surface area (Å²) in [6.07, 6.45) is 11.0. The van der Waals surface area contributed by atoms with Gasteiger partial charge in [-0.1, -0.05) is 41.7 Å². The predicted octanol–water partition coefficient (Wildman–Crippen LogP) is 3.16. The van der Waals surface area contributed by atoms with Crippen LogP contribution in [0.2, 0.25) is 0 Å². The van der Waals surface area contributed by atoms with Crippen LogP contribution in [0, 0.1) is 5.92 Å². The second-order valence-electron chi connectivity index (χ2n) is 7.07. The van der Waals surface area contributed by atoms with Gasteiger partial charge in [0.15, 0.2) is 0 Å². The molecular formula is C17H27IN2O2S. The zero-order chi connectivity index (χ0) is 16.4. The third-order valence-corrected chi connectivity index (χ3v) is 8.28. The molecule has 0 bridgehead atoms. The van der Waals surface area contributed by atoms with Crippen LogP contribution in [0.25, 0.3) is 0 Å². The summed E-state index contributed by atoms with van der Waals surface area (Å²) in [5.74, 6) is 0.846. The van der Waals surface area contributed by atoms with Crippen molar-refractivity contribution in [2.45, 2.75) is 49.0 Å². The summed E-state index contributed by atoms with van der Waals surface area (Å²) in [6.45, 7) is 6.03. The van der Waals surface area contributed by atoms with Crippen molar-refractivity contribution in [1.29, 1.82) is 0 Å². The number of hydrogen-bond donors (Lipinski definition) is 0. The molecule has 2 saturated heterocycles. The van der Waals surface area contributed by atoms with Crippen molar-refractivity contribution in [2.75, 3.05) is 26.2 Å². The Morgan fingerprint density at radius 3 is 2.30 bits per heavy atom. The van der Waals surface area contributed by atoms with E-state index in [1.807, 2.05) is 12.2 Å². The van der Waals surface area contributed by atoms with Gasteiger partial charge < -0.3 is 4.90 Å². The van der Waals surface area contributed by atoms with Crippen LogP contribution in [0.15, 0.2) is 23.1 Å². The van der Waals surface area contributed by atoms with Crippen molar-refractivity contribution < 1.29 is 8.42 Å². The molecule has 3 rings (SSSR count). The Bertz CT molecular complexity index is 571. The standard InChI is InChI=1S/C17H27IN2O2S/c1-14-6-10-19(11-7-14)16-8-12-20(13-9-16)23(21,22)17-4-2-15(18)3-5-17/h2,4-5,14-16H,3,6-13H2,1H3. The van der Waals surface area contributed by atoms with Crippen LogP contribution < -0.4 is 0 Å². The highest BCUT2D eigenvalue weighted by molar-refractivity contribution is 14.1. The van der Waals surface area contributed by atoms with Crippen LogP contribution in [0.1, 0.15) is 39.0 Å². The van der Waals surface area contributed by atoms with Gasteiger partial charge in [-0.25, -0.2) is 8.42 Å². The molecule has 130 valence electrons. The van der Waals surface area contributed by atoms with Gasteiger partial charge >= 0.3 is 0 Å². The number of halogens is 1. The van der Waals surface area contributed by atoms with Crippen molar-refractivity contribution >= 4 is 32.6 Å². The summed E-state index contributed by atoms with van der Waals surface area (Å²) in [5.41, 5.74) is 0. The molecule has 1 aliphatic carbocycles. The van der Waals surface area contributed by atoms with Crippen LogP contribution in [0.5, 0.6) is 0 Å². The second kappa shape index (κ2) is 7.54. The highest BCUT2D eigenvalue weighted by atomic mass is 127. The number of rotatable bonds is 3. The van der Waals surface area contributed by atoms with Gasteiger partial charge in [-0.05, 0) is 57.2 Å². The SMILES string of the molecule is CC1CCN(C2CCN(S(=O)(=O)C3=CCC(I)C=C3)CC2)CC1. The quantitative estimate of drug-likeness (QED) is 0.490. The van der Waals surface area contributed by atoms with Crippen molar-refractivity contribution in [2.24, 2.45) is 5.92 Å². The number of likely N-dealkylation sites (tertiary alicyclic amines) is 1. The number of sulfonamides is 1. The molecule has 0 aromatic rings. The molecule has 1 unspecified atom stereocenters. The van der Waals surface area contributed by atoms with Crippen molar-refractivity contribution in [3.8, 4) is 0 Å². The van der Waals surface area contributed by atoms with E-state index in [0.29, 0.717) is 28.0 Å². The summed E-state index contributed by atoms with van der Waals surface area (Å²) in [7, 11) is -3.29. The molecule has 1 atom stereocenters. The lowest BCUT2D eigenvalue weighted by Gasteiger charge is -2.41. The van der Waals surface area contributed by atoms with E-state index in [4.69, 9.17) is 0 Å². The molecule has 0 aromatic carbocycles. The number of alkyl halides is 1. The van der Waals surface area contributed by atoms with Gasteiger partial charge in [0.25, 0.3) is 0 Å². The minimum absolute atomic E-state index is 0.416. The molecule has 6 heteroatoms. The van der Waals surface area contributed by atoms with Gasteiger partial charge in [-0.2, -0.15) is 4.31 Å². The molecular weight excluding hydrogens is 423 g/mol. The van der Waals surface area contributed by atoms with Crippen molar-refractivity contribution in [3.63, 3.8) is 0 Å². The van der Waals surface area contributed by atoms with Gasteiger partial charge in [-0.3, -0.25) is 0 Å². The van der Waals surface area contributed by atoms with Gasteiger partial charge in [0.1, 0.15) is 0 Å². The molecule has 2 fully saturated rings. The van der Waals surface area contributed by atoms with Crippen molar-refractivity contribution in [1.82, 2.24) is 9.21 Å². The molecule has 0 radical (unpaired) electrons. The van der Waals surface area contributed by atoms with Gasteiger partial charge in [0, 0.05) is 23.1 Å². The smallest absolute Gasteiger partial charge is 0.242 e. The molecule has 2 aliphatic heterocycles. The summed E-state index contributed by atoms with van der Waals surface area (Å²) in [4.78, 5) is 3.08. The van der Waals surface area contributed by atoms with Crippen molar-refractivity contribution in [3.05, 3.63) is 23.1 Å². The molecule has 0 spiro atoms. The molecule has 0 saturated carbocycles. The molecule has 0 amide bonds. The minimum Gasteiger partial charge on any atom is -0.300 e. The van der Waals surface area contributed by atoms with Gasteiger partial charge in [0.2, 0.25) is 10.0 Å². The van der Waals surface area contributed by atoms with Crippen LogP contribution >= 0.6 is 22.6 Å². The fraction of sp³-hybridized carbons (Fsp3) is 0.765. The van der Waals surface area contributed by atoms with Gasteiger partial charge in [0.05, 0.1) is 4.91 Å². The molecule has 3 aliphatic rings. The van der Waals surface area contributed by atoms with E-state index < -0.39 is 10.0 Å². The van der Waals surface area contributed by atoms with E-state index in [1.165, 1.54) is 25.9 Å². The summed E-state index contributed by atoms with van der Waals surface area (Å²) in [5, 5.41) is 0. The number of allylic oxidation sites excluding steroid dienone is 3. The monoisotopic (exact) mass is 450 g/mol. The Balaban J connectivity index is 1.57. The highest BCUT2D eigenvalue weighted by Crippen LogP contribution is 2.28. The predicted molar refractivity (Wildman–Crippen MR) is 103 cm³/mol. The maximum absolute atomic E-state index is 12.8. The average molecular weight is 450 g/mol. The van der Waals surface area contributed by atoms with E-state index in [9.17, 15) is 8.42 Å². The first-order valence-electron chi connectivity index (χ1n) is 8.73. The molecule has 23 heavy (non-hydrogen) atoms. The Labute approximate surface area is 154 Å². The zero-order valence-corrected chi connectivity index (χ0v) is 16.8. The molecule has 2 heterocycles. The van der Waals surface area contributed by atoms with Crippen LogP contribution in [0.4, 0.5) is 0 Å².